The van der Waals surface area contributed by atoms with Crippen LogP contribution in [-0.2, 0) is 0 Å². The number of benzene rings is 1. The molecule has 3 aromatic rings. The number of nitrogens with zero attached hydrogens (tertiary/aromatic N) is 5. The van der Waals surface area contributed by atoms with Crippen LogP contribution < -0.4 is 9.47 Å². The predicted molar refractivity (Wildman–Crippen MR) is 103 cm³/mol. The van der Waals surface area contributed by atoms with Crippen molar-refractivity contribution in [1.29, 1.82) is 0 Å². The highest BCUT2D eigenvalue weighted by Crippen LogP contribution is 2.25. The third-order valence-electron chi connectivity index (χ3n) is 4.40. The highest BCUT2D eigenvalue weighted by molar-refractivity contribution is 5.95. The average Bonchev–Trinajstić information content (AvgIpc) is 2.77. The lowest BCUT2D eigenvalue weighted by Gasteiger charge is -2.24. The van der Waals surface area contributed by atoms with Gasteiger partial charge in [-0.3, -0.25) is 4.79 Å². The third-order valence-corrected chi connectivity index (χ3v) is 4.40. The average molecular weight is 379 g/mol. The van der Waals surface area contributed by atoms with Crippen LogP contribution in [0.4, 0.5) is 0 Å². The van der Waals surface area contributed by atoms with E-state index in [0.29, 0.717) is 28.7 Å². The van der Waals surface area contributed by atoms with E-state index >= 15 is 0 Å². The molecule has 0 unspecified atom stereocenters. The molecular weight excluding hydrogens is 358 g/mol. The quantitative estimate of drug-likeness (QED) is 0.650. The van der Waals surface area contributed by atoms with Gasteiger partial charge in [0.25, 0.3) is 5.91 Å². The Morgan fingerprint density at radius 2 is 1.79 bits per heavy atom. The molecule has 0 aliphatic carbocycles. The number of carbonyl (C=O) groups excluding carboxylic acids is 1. The number of hydrogen-bond acceptors (Lipinski definition) is 7. The molecule has 2 aromatic heterocycles. The molecule has 8 nitrogen and oxygen atoms in total. The summed E-state index contributed by atoms with van der Waals surface area (Å²) in [5.41, 5.74) is 1.97. The Labute approximate surface area is 163 Å². The van der Waals surface area contributed by atoms with E-state index in [1.807, 2.05) is 13.0 Å². The summed E-state index contributed by atoms with van der Waals surface area (Å²) in [4.78, 5) is 31.4. The molecule has 0 aliphatic heterocycles. The molecular formula is C20H21N5O3. The van der Waals surface area contributed by atoms with Crippen LogP contribution in [0.25, 0.3) is 11.4 Å². The lowest BCUT2D eigenvalue weighted by molar-refractivity contribution is 0.0739. The molecule has 28 heavy (non-hydrogen) atoms. The van der Waals surface area contributed by atoms with E-state index in [1.165, 1.54) is 20.5 Å². The molecule has 0 spiro atoms. The van der Waals surface area contributed by atoms with Crippen molar-refractivity contribution in [1.82, 2.24) is 24.8 Å². The maximum absolute atomic E-state index is 13.0. The first-order valence-corrected chi connectivity index (χ1v) is 8.64. The Bertz CT molecular complexity index is 943. The number of ether oxygens (including phenoxy) is 2. The zero-order chi connectivity index (χ0) is 20.1. The fourth-order valence-corrected chi connectivity index (χ4v) is 2.66. The SMILES string of the molecule is COc1cc(OC)nc(-c2cccc(C(=O)N(C)[C@@H](C)c3ccncn3)c2)n1. The van der Waals surface area contributed by atoms with E-state index in [2.05, 4.69) is 19.9 Å². The van der Waals surface area contributed by atoms with E-state index < -0.39 is 0 Å². The molecule has 0 fully saturated rings. The molecule has 0 N–H and O–H groups in total. The Hall–Kier alpha value is -3.55. The Balaban J connectivity index is 1.90. The molecule has 1 amide bonds. The van der Waals surface area contributed by atoms with Crippen LogP contribution in [0, 0.1) is 0 Å². The highest BCUT2D eigenvalue weighted by Gasteiger charge is 2.20. The molecule has 1 atom stereocenters. The molecule has 0 saturated carbocycles. The number of carbonyl (C=O) groups is 1. The first kappa shape index (κ1) is 19.2. The van der Waals surface area contributed by atoms with Crippen molar-refractivity contribution in [3.05, 3.63) is 60.2 Å². The lowest BCUT2D eigenvalue weighted by atomic mass is 10.1. The summed E-state index contributed by atoms with van der Waals surface area (Å²) in [6.45, 7) is 1.92. The topological polar surface area (TPSA) is 90.3 Å². The van der Waals surface area contributed by atoms with Crippen molar-refractivity contribution in [2.45, 2.75) is 13.0 Å². The molecule has 3 rings (SSSR count). The first-order chi connectivity index (χ1) is 13.5. The minimum absolute atomic E-state index is 0.136. The third kappa shape index (κ3) is 4.06. The van der Waals surface area contributed by atoms with Gasteiger partial charge in [-0.25, -0.2) is 9.97 Å². The summed E-state index contributed by atoms with van der Waals surface area (Å²) < 4.78 is 10.4. The van der Waals surface area contributed by atoms with Crippen LogP contribution in [0.2, 0.25) is 0 Å². The number of amides is 1. The summed E-state index contributed by atoms with van der Waals surface area (Å²) in [7, 11) is 4.79. The predicted octanol–water partition coefficient (Wildman–Crippen LogP) is 2.78. The van der Waals surface area contributed by atoms with Gasteiger partial charge in [0, 0.05) is 24.4 Å². The molecule has 8 heteroatoms. The maximum atomic E-state index is 13.0. The van der Waals surface area contributed by atoms with Gasteiger partial charge < -0.3 is 14.4 Å². The second-order valence-corrected chi connectivity index (χ2v) is 6.08. The standard InChI is InChI=1S/C20H21N5O3/c1-13(16-8-9-21-12-22-16)25(2)20(26)15-7-5-6-14(10-15)19-23-17(27-3)11-18(24-19)28-4/h5-13H,1-4H3/t13-/m0/s1. The van der Waals surface area contributed by atoms with Crippen LogP contribution in [0.3, 0.4) is 0 Å². The van der Waals surface area contributed by atoms with Gasteiger partial charge in [-0.15, -0.1) is 0 Å². The van der Waals surface area contributed by atoms with Gasteiger partial charge in [0.2, 0.25) is 11.8 Å². The molecule has 0 radical (unpaired) electrons. The number of aromatic nitrogens is 4. The van der Waals surface area contributed by atoms with Crippen molar-refractivity contribution in [3.8, 4) is 23.1 Å². The van der Waals surface area contributed by atoms with Crippen LogP contribution in [-0.4, -0.2) is 52.0 Å². The number of rotatable bonds is 6. The van der Waals surface area contributed by atoms with Gasteiger partial charge in [0.15, 0.2) is 5.82 Å². The Morgan fingerprint density at radius 3 is 2.39 bits per heavy atom. The van der Waals surface area contributed by atoms with Crippen molar-refractivity contribution in [2.75, 3.05) is 21.3 Å². The van der Waals surface area contributed by atoms with Gasteiger partial charge in [-0.2, -0.15) is 9.97 Å². The summed E-state index contributed by atoms with van der Waals surface area (Å²) in [5.74, 6) is 1.04. The van der Waals surface area contributed by atoms with Gasteiger partial charge in [-0.05, 0) is 25.1 Å². The normalized spacial score (nSPS) is 11.6. The van der Waals surface area contributed by atoms with Crippen LogP contribution in [0.1, 0.15) is 29.0 Å². The number of methoxy groups -OCH3 is 2. The van der Waals surface area contributed by atoms with Gasteiger partial charge in [-0.1, -0.05) is 12.1 Å². The molecule has 1 aromatic carbocycles. The fourth-order valence-electron chi connectivity index (χ4n) is 2.66. The van der Waals surface area contributed by atoms with Crippen molar-refractivity contribution >= 4 is 5.91 Å². The molecule has 0 aliphatic rings. The summed E-state index contributed by atoms with van der Waals surface area (Å²) in [6, 6.07) is 10.3. The summed E-state index contributed by atoms with van der Waals surface area (Å²) in [5, 5.41) is 0. The monoisotopic (exact) mass is 379 g/mol. The van der Waals surface area contributed by atoms with Gasteiger partial charge in [0.05, 0.1) is 32.0 Å². The van der Waals surface area contributed by atoms with Crippen LogP contribution >= 0.6 is 0 Å². The van der Waals surface area contributed by atoms with Crippen LogP contribution in [0.5, 0.6) is 11.8 Å². The van der Waals surface area contributed by atoms with Gasteiger partial charge in [0.1, 0.15) is 6.33 Å². The van der Waals surface area contributed by atoms with Crippen molar-refractivity contribution in [2.24, 2.45) is 0 Å². The second kappa shape index (κ2) is 8.43. The molecule has 0 saturated heterocycles. The van der Waals surface area contributed by atoms with Crippen molar-refractivity contribution in [3.63, 3.8) is 0 Å². The molecule has 0 bridgehead atoms. The molecule has 144 valence electrons. The highest BCUT2D eigenvalue weighted by atomic mass is 16.5. The first-order valence-electron chi connectivity index (χ1n) is 8.64. The maximum Gasteiger partial charge on any atom is 0.254 e. The summed E-state index contributed by atoms with van der Waals surface area (Å²) >= 11 is 0. The second-order valence-electron chi connectivity index (χ2n) is 6.08. The van der Waals surface area contributed by atoms with E-state index in [9.17, 15) is 4.79 Å². The summed E-state index contributed by atoms with van der Waals surface area (Å²) in [6.07, 6.45) is 3.13. The molecule has 2 heterocycles. The van der Waals surface area contributed by atoms with E-state index in [1.54, 1.807) is 48.5 Å². The van der Waals surface area contributed by atoms with Gasteiger partial charge >= 0.3 is 0 Å². The fraction of sp³-hybridized carbons (Fsp3) is 0.250. The minimum Gasteiger partial charge on any atom is -0.481 e. The van der Waals surface area contributed by atoms with E-state index in [0.717, 1.165) is 5.69 Å². The van der Waals surface area contributed by atoms with E-state index in [4.69, 9.17) is 9.47 Å². The number of hydrogen-bond donors (Lipinski definition) is 0. The lowest BCUT2D eigenvalue weighted by Crippen LogP contribution is -2.30. The van der Waals surface area contributed by atoms with Crippen molar-refractivity contribution < 1.29 is 14.3 Å². The zero-order valence-electron chi connectivity index (χ0n) is 16.2. The van der Waals surface area contributed by atoms with Crippen LogP contribution in [0.15, 0.2) is 48.9 Å². The largest absolute Gasteiger partial charge is 0.481 e. The zero-order valence-corrected chi connectivity index (χ0v) is 16.2. The Kier molecular flexibility index (Phi) is 5.78. The smallest absolute Gasteiger partial charge is 0.254 e. The minimum atomic E-state index is -0.202. The Morgan fingerprint density at radius 1 is 1.07 bits per heavy atom. The van der Waals surface area contributed by atoms with E-state index in [-0.39, 0.29) is 11.9 Å².